The van der Waals surface area contributed by atoms with Gasteiger partial charge in [-0.25, -0.2) is 4.98 Å². The maximum absolute atomic E-state index is 11.9. The van der Waals surface area contributed by atoms with Gasteiger partial charge in [0.2, 0.25) is 0 Å². The van der Waals surface area contributed by atoms with Crippen molar-refractivity contribution in [3.8, 4) is 0 Å². The van der Waals surface area contributed by atoms with Gasteiger partial charge in [-0.15, -0.1) is 11.3 Å². The van der Waals surface area contributed by atoms with Gasteiger partial charge in [0.05, 0.1) is 17.8 Å². The van der Waals surface area contributed by atoms with Gasteiger partial charge >= 0.3 is 5.97 Å². The number of nitrogens with zero attached hydrogens (tertiary/aromatic N) is 2. The smallest absolute Gasteiger partial charge is 0.321 e. The zero-order valence-corrected chi connectivity index (χ0v) is 10.4. The first-order chi connectivity index (χ1) is 8.22. The topological polar surface area (TPSA) is 65.2 Å². The van der Waals surface area contributed by atoms with E-state index in [-0.39, 0.29) is 5.97 Å². The van der Waals surface area contributed by atoms with Crippen LogP contribution in [0.5, 0.6) is 0 Å². The number of ether oxygens (including phenoxy) is 1. The third-order valence-electron chi connectivity index (χ3n) is 2.21. The Kier molecular flexibility index (Phi) is 3.53. The monoisotopic (exact) mass is 252 g/mol. The van der Waals surface area contributed by atoms with Crippen LogP contribution in [-0.4, -0.2) is 22.7 Å². The first kappa shape index (κ1) is 11.8. The van der Waals surface area contributed by atoms with Crippen LogP contribution in [0.2, 0.25) is 0 Å². The molecule has 0 aromatic carbocycles. The first-order valence-corrected chi connectivity index (χ1v) is 6.14. The minimum absolute atomic E-state index is 0.330. The van der Waals surface area contributed by atoms with Crippen molar-refractivity contribution in [2.24, 2.45) is 0 Å². The maximum Gasteiger partial charge on any atom is 0.321 e. The van der Waals surface area contributed by atoms with Gasteiger partial charge in [-0.05, 0) is 13.8 Å². The molecule has 0 aliphatic rings. The van der Waals surface area contributed by atoms with Gasteiger partial charge in [0, 0.05) is 11.4 Å². The second-order valence-corrected chi connectivity index (χ2v) is 4.18. The molecule has 6 heteroatoms. The molecule has 1 atom stereocenters. The molecule has 5 nitrogen and oxygen atoms in total. The van der Waals surface area contributed by atoms with Crippen molar-refractivity contribution in [3.05, 3.63) is 34.1 Å². The van der Waals surface area contributed by atoms with Gasteiger partial charge in [-0.2, -0.15) is 0 Å². The lowest BCUT2D eigenvalue weighted by molar-refractivity contribution is -0.144. The zero-order valence-electron chi connectivity index (χ0n) is 9.54. The Hall–Kier alpha value is -1.69. The van der Waals surface area contributed by atoms with Crippen LogP contribution in [0.25, 0.3) is 0 Å². The molecule has 2 heterocycles. The summed E-state index contributed by atoms with van der Waals surface area (Å²) in [4.78, 5) is 16.1. The lowest BCUT2D eigenvalue weighted by Gasteiger charge is -2.10. The van der Waals surface area contributed by atoms with Crippen molar-refractivity contribution >= 4 is 17.3 Å². The molecule has 17 heavy (non-hydrogen) atoms. The fourth-order valence-corrected chi connectivity index (χ4v) is 2.08. The van der Waals surface area contributed by atoms with Crippen molar-refractivity contribution in [1.82, 2.24) is 10.1 Å². The summed E-state index contributed by atoms with van der Waals surface area (Å²) < 4.78 is 10.0. The van der Waals surface area contributed by atoms with Crippen LogP contribution in [0.1, 0.15) is 30.0 Å². The Labute approximate surface area is 102 Å². The lowest BCUT2D eigenvalue weighted by atomic mass is 10.0. The molecule has 2 rings (SSSR count). The van der Waals surface area contributed by atoms with E-state index in [0.717, 1.165) is 0 Å². The molecule has 0 saturated carbocycles. The number of rotatable bonds is 4. The second kappa shape index (κ2) is 5.09. The van der Waals surface area contributed by atoms with Crippen LogP contribution in [0.3, 0.4) is 0 Å². The highest BCUT2D eigenvalue weighted by atomic mass is 32.1. The van der Waals surface area contributed by atoms with Crippen LogP contribution in [0.15, 0.2) is 21.5 Å². The summed E-state index contributed by atoms with van der Waals surface area (Å²) in [6, 6.07) is 1.72. The van der Waals surface area contributed by atoms with E-state index in [2.05, 4.69) is 10.1 Å². The highest BCUT2D eigenvalue weighted by molar-refractivity contribution is 7.07. The predicted octanol–water partition coefficient (Wildman–Crippen LogP) is 2.13. The van der Waals surface area contributed by atoms with E-state index in [9.17, 15) is 4.79 Å². The number of hydrogen-bond acceptors (Lipinski definition) is 6. The number of aryl methyl sites for hydroxylation is 1. The van der Waals surface area contributed by atoms with Gasteiger partial charge < -0.3 is 9.26 Å². The van der Waals surface area contributed by atoms with Crippen LogP contribution >= 0.6 is 11.3 Å². The molecule has 2 aromatic rings. The largest absolute Gasteiger partial charge is 0.465 e. The summed E-state index contributed by atoms with van der Waals surface area (Å²) >= 11 is 1.43. The SMILES string of the molecule is CCOC(=O)C(c1cscn1)c1cc(C)on1. The molecule has 0 radical (unpaired) electrons. The Balaban J connectivity index is 2.34. The number of carbonyl (C=O) groups is 1. The molecule has 0 bridgehead atoms. The molecular formula is C11H12N2O3S. The van der Waals surface area contributed by atoms with Gasteiger partial charge in [0.1, 0.15) is 17.4 Å². The highest BCUT2D eigenvalue weighted by Gasteiger charge is 2.28. The summed E-state index contributed by atoms with van der Waals surface area (Å²) in [6.45, 7) is 3.88. The molecule has 90 valence electrons. The Morgan fingerprint density at radius 1 is 1.59 bits per heavy atom. The molecule has 0 N–H and O–H groups in total. The predicted molar refractivity (Wildman–Crippen MR) is 61.8 cm³/mol. The van der Waals surface area contributed by atoms with E-state index >= 15 is 0 Å². The minimum Gasteiger partial charge on any atom is -0.465 e. The zero-order chi connectivity index (χ0) is 12.3. The van der Waals surface area contributed by atoms with Crippen LogP contribution in [0, 0.1) is 6.92 Å². The van der Waals surface area contributed by atoms with E-state index < -0.39 is 5.92 Å². The van der Waals surface area contributed by atoms with Crippen molar-refractivity contribution in [2.45, 2.75) is 19.8 Å². The van der Waals surface area contributed by atoms with Gasteiger partial charge in [0.25, 0.3) is 0 Å². The Bertz CT molecular complexity index is 493. The third-order valence-corrected chi connectivity index (χ3v) is 2.82. The quantitative estimate of drug-likeness (QED) is 0.780. The number of thiazole rings is 1. The van der Waals surface area contributed by atoms with Crippen molar-refractivity contribution in [2.75, 3.05) is 6.61 Å². The first-order valence-electron chi connectivity index (χ1n) is 5.20. The number of hydrogen-bond donors (Lipinski definition) is 0. The van der Waals surface area contributed by atoms with Gasteiger partial charge in [-0.3, -0.25) is 4.79 Å². The number of esters is 1. The fourth-order valence-electron chi connectivity index (χ4n) is 1.50. The standard InChI is InChI=1S/C11H12N2O3S/c1-3-15-11(14)10(9-5-17-6-12-9)8-4-7(2)16-13-8/h4-6,10H,3H2,1-2H3. The Morgan fingerprint density at radius 3 is 2.94 bits per heavy atom. The molecule has 0 amide bonds. The molecule has 0 spiro atoms. The maximum atomic E-state index is 11.9. The molecular weight excluding hydrogens is 240 g/mol. The molecule has 0 fully saturated rings. The van der Waals surface area contributed by atoms with Crippen molar-refractivity contribution in [3.63, 3.8) is 0 Å². The van der Waals surface area contributed by atoms with Crippen LogP contribution in [-0.2, 0) is 9.53 Å². The van der Waals surface area contributed by atoms with E-state index in [1.165, 1.54) is 11.3 Å². The molecule has 0 aliphatic heterocycles. The summed E-state index contributed by atoms with van der Waals surface area (Å²) in [6.07, 6.45) is 0. The van der Waals surface area contributed by atoms with E-state index in [1.807, 2.05) is 5.38 Å². The second-order valence-electron chi connectivity index (χ2n) is 3.46. The Morgan fingerprint density at radius 2 is 2.41 bits per heavy atom. The minimum atomic E-state index is -0.598. The van der Waals surface area contributed by atoms with E-state index in [1.54, 1.807) is 25.4 Å². The van der Waals surface area contributed by atoms with Crippen molar-refractivity contribution in [1.29, 1.82) is 0 Å². The average molecular weight is 252 g/mol. The molecule has 0 saturated heterocycles. The summed E-state index contributed by atoms with van der Waals surface area (Å²) in [7, 11) is 0. The lowest BCUT2D eigenvalue weighted by Crippen LogP contribution is -2.17. The average Bonchev–Trinajstić information content (AvgIpc) is 2.92. The summed E-state index contributed by atoms with van der Waals surface area (Å²) in [5.74, 6) is -0.296. The molecule has 2 aromatic heterocycles. The third kappa shape index (κ3) is 2.52. The normalized spacial score (nSPS) is 12.4. The summed E-state index contributed by atoms with van der Waals surface area (Å²) in [5, 5.41) is 5.68. The number of carbonyl (C=O) groups excluding carboxylic acids is 1. The van der Waals surface area contributed by atoms with E-state index in [4.69, 9.17) is 9.26 Å². The van der Waals surface area contributed by atoms with Crippen molar-refractivity contribution < 1.29 is 14.1 Å². The van der Waals surface area contributed by atoms with Crippen LogP contribution < -0.4 is 0 Å². The summed E-state index contributed by atoms with van der Waals surface area (Å²) in [5.41, 5.74) is 2.85. The van der Waals surface area contributed by atoms with E-state index in [0.29, 0.717) is 23.8 Å². The van der Waals surface area contributed by atoms with Gasteiger partial charge in [0.15, 0.2) is 0 Å². The van der Waals surface area contributed by atoms with Crippen LogP contribution in [0.4, 0.5) is 0 Å². The fraction of sp³-hybridized carbons (Fsp3) is 0.364. The van der Waals surface area contributed by atoms with Gasteiger partial charge in [-0.1, -0.05) is 5.16 Å². The highest BCUT2D eigenvalue weighted by Crippen LogP contribution is 2.25. The number of aromatic nitrogens is 2. The molecule has 0 aliphatic carbocycles. The molecule has 1 unspecified atom stereocenters.